The van der Waals surface area contributed by atoms with Crippen molar-refractivity contribution in [2.75, 3.05) is 39.8 Å². The standard InChI is InChI=1S/C16H31N3/c1-18-10-4-5-14-13-19(12-8-16(14)18)11-7-15-6-2-3-9-17-15/h14-17H,2-13H2,1H3. The Kier molecular flexibility index (Phi) is 4.78. The lowest BCUT2D eigenvalue weighted by Gasteiger charge is -2.46. The quantitative estimate of drug-likeness (QED) is 0.841. The molecule has 3 heterocycles. The molecular weight excluding hydrogens is 234 g/mol. The zero-order chi connectivity index (χ0) is 13.1. The van der Waals surface area contributed by atoms with Crippen molar-refractivity contribution in [1.29, 1.82) is 0 Å². The minimum absolute atomic E-state index is 0.806. The first-order valence-corrected chi connectivity index (χ1v) is 8.49. The molecule has 0 aliphatic carbocycles. The Morgan fingerprint density at radius 1 is 1.05 bits per heavy atom. The summed E-state index contributed by atoms with van der Waals surface area (Å²) in [6, 6.07) is 1.69. The molecule has 0 aromatic rings. The smallest absolute Gasteiger partial charge is 0.0145 e. The number of likely N-dealkylation sites (tertiary alicyclic amines) is 2. The molecule has 3 aliphatic heterocycles. The van der Waals surface area contributed by atoms with E-state index in [-0.39, 0.29) is 0 Å². The Balaban J connectivity index is 1.43. The molecule has 0 amide bonds. The number of fused-ring (bicyclic) bond motifs is 1. The van der Waals surface area contributed by atoms with Gasteiger partial charge in [-0.2, -0.15) is 0 Å². The largest absolute Gasteiger partial charge is 0.314 e. The van der Waals surface area contributed by atoms with Crippen LogP contribution in [0.2, 0.25) is 0 Å². The van der Waals surface area contributed by atoms with E-state index in [1.807, 2.05) is 0 Å². The average Bonchev–Trinajstić information content (AvgIpc) is 2.46. The molecule has 0 aromatic carbocycles. The maximum atomic E-state index is 3.69. The topological polar surface area (TPSA) is 18.5 Å². The summed E-state index contributed by atoms with van der Waals surface area (Å²) in [5, 5.41) is 3.69. The van der Waals surface area contributed by atoms with Crippen molar-refractivity contribution >= 4 is 0 Å². The van der Waals surface area contributed by atoms with Gasteiger partial charge in [0, 0.05) is 18.6 Å². The van der Waals surface area contributed by atoms with Crippen molar-refractivity contribution in [1.82, 2.24) is 15.1 Å². The summed E-state index contributed by atoms with van der Waals surface area (Å²) in [6.45, 7) is 6.60. The fraction of sp³-hybridized carbons (Fsp3) is 1.00. The molecule has 3 fully saturated rings. The lowest BCUT2D eigenvalue weighted by atomic mass is 9.84. The predicted octanol–water partition coefficient (Wildman–Crippen LogP) is 1.93. The second kappa shape index (κ2) is 6.55. The first-order valence-electron chi connectivity index (χ1n) is 8.49. The Labute approximate surface area is 118 Å². The van der Waals surface area contributed by atoms with E-state index in [1.165, 1.54) is 77.7 Å². The van der Waals surface area contributed by atoms with E-state index in [0.29, 0.717) is 0 Å². The molecule has 0 radical (unpaired) electrons. The van der Waals surface area contributed by atoms with Crippen LogP contribution in [0.1, 0.15) is 44.9 Å². The second-order valence-electron chi connectivity index (χ2n) is 6.98. The second-order valence-corrected chi connectivity index (χ2v) is 6.98. The Morgan fingerprint density at radius 2 is 2.00 bits per heavy atom. The van der Waals surface area contributed by atoms with Crippen LogP contribution in [0.25, 0.3) is 0 Å². The summed E-state index contributed by atoms with van der Waals surface area (Å²) in [5.74, 6) is 0.951. The van der Waals surface area contributed by atoms with Gasteiger partial charge in [0.1, 0.15) is 0 Å². The third-order valence-corrected chi connectivity index (χ3v) is 5.64. The lowest BCUT2D eigenvalue weighted by Crippen LogP contribution is -2.53. The molecule has 0 spiro atoms. The predicted molar refractivity (Wildman–Crippen MR) is 80.5 cm³/mol. The van der Waals surface area contributed by atoms with E-state index >= 15 is 0 Å². The highest BCUT2D eigenvalue weighted by molar-refractivity contribution is 4.89. The van der Waals surface area contributed by atoms with Gasteiger partial charge in [-0.15, -0.1) is 0 Å². The molecule has 3 atom stereocenters. The van der Waals surface area contributed by atoms with Crippen LogP contribution in [-0.2, 0) is 0 Å². The first kappa shape index (κ1) is 13.8. The molecule has 0 saturated carbocycles. The number of hydrogen-bond acceptors (Lipinski definition) is 3. The molecule has 19 heavy (non-hydrogen) atoms. The monoisotopic (exact) mass is 265 g/mol. The SMILES string of the molecule is CN1CCCC2CN(CCC3CCCCN3)CCC21. The zero-order valence-corrected chi connectivity index (χ0v) is 12.6. The van der Waals surface area contributed by atoms with Gasteiger partial charge >= 0.3 is 0 Å². The fourth-order valence-electron chi connectivity index (χ4n) is 4.44. The highest BCUT2D eigenvalue weighted by Gasteiger charge is 2.34. The van der Waals surface area contributed by atoms with Crippen LogP contribution in [0.15, 0.2) is 0 Å². The summed E-state index contributed by atoms with van der Waals surface area (Å²) < 4.78 is 0. The van der Waals surface area contributed by atoms with E-state index in [0.717, 1.165) is 18.0 Å². The Hall–Kier alpha value is -0.120. The number of piperidine rings is 3. The molecule has 110 valence electrons. The molecule has 3 rings (SSSR count). The van der Waals surface area contributed by atoms with Gasteiger partial charge < -0.3 is 15.1 Å². The molecule has 0 bridgehead atoms. The fourth-order valence-corrected chi connectivity index (χ4v) is 4.44. The van der Waals surface area contributed by atoms with Crippen molar-refractivity contribution in [3.05, 3.63) is 0 Å². The third kappa shape index (κ3) is 3.50. The third-order valence-electron chi connectivity index (χ3n) is 5.64. The van der Waals surface area contributed by atoms with Crippen LogP contribution in [0, 0.1) is 5.92 Å². The van der Waals surface area contributed by atoms with Gasteiger partial charge in [-0.3, -0.25) is 0 Å². The maximum Gasteiger partial charge on any atom is 0.0145 e. The summed E-state index contributed by atoms with van der Waals surface area (Å²) in [7, 11) is 2.33. The normalized spacial score (nSPS) is 38.1. The van der Waals surface area contributed by atoms with Gasteiger partial charge in [0.2, 0.25) is 0 Å². The maximum absolute atomic E-state index is 3.69. The minimum Gasteiger partial charge on any atom is -0.314 e. The van der Waals surface area contributed by atoms with Crippen LogP contribution in [0.5, 0.6) is 0 Å². The molecule has 3 unspecified atom stereocenters. The van der Waals surface area contributed by atoms with Gasteiger partial charge in [0.05, 0.1) is 0 Å². The van der Waals surface area contributed by atoms with Gasteiger partial charge in [-0.1, -0.05) is 6.42 Å². The molecular formula is C16H31N3. The molecule has 3 aliphatic rings. The number of nitrogens with zero attached hydrogens (tertiary/aromatic N) is 2. The van der Waals surface area contributed by atoms with E-state index in [1.54, 1.807) is 0 Å². The van der Waals surface area contributed by atoms with Gasteiger partial charge in [0.15, 0.2) is 0 Å². The zero-order valence-electron chi connectivity index (χ0n) is 12.6. The van der Waals surface area contributed by atoms with Crippen molar-refractivity contribution in [2.24, 2.45) is 5.92 Å². The summed E-state index contributed by atoms with van der Waals surface area (Å²) >= 11 is 0. The summed E-state index contributed by atoms with van der Waals surface area (Å²) in [4.78, 5) is 5.37. The van der Waals surface area contributed by atoms with Gasteiger partial charge in [0.25, 0.3) is 0 Å². The van der Waals surface area contributed by atoms with Crippen LogP contribution in [-0.4, -0.2) is 61.7 Å². The summed E-state index contributed by atoms with van der Waals surface area (Å²) in [5.41, 5.74) is 0. The average molecular weight is 265 g/mol. The highest BCUT2D eigenvalue weighted by atomic mass is 15.2. The first-order chi connectivity index (χ1) is 9.33. The molecule has 3 nitrogen and oxygen atoms in total. The summed E-state index contributed by atoms with van der Waals surface area (Å²) in [6.07, 6.45) is 9.88. The van der Waals surface area contributed by atoms with E-state index < -0.39 is 0 Å². The van der Waals surface area contributed by atoms with Crippen molar-refractivity contribution < 1.29 is 0 Å². The Morgan fingerprint density at radius 3 is 2.84 bits per heavy atom. The van der Waals surface area contributed by atoms with E-state index in [4.69, 9.17) is 0 Å². The molecule has 1 N–H and O–H groups in total. The number of rotatable bonds is 3. The van der Waals surface area contributed by atoms with Crippen molar-refractivity contribution in [3.63, 3.8) is 0 Å². The van der Waals surface area contributed by atoms with Crippen molar-refractivity contribution in [2.45, 2.75) is 57.0 Å². The van der Waals surface area contributed by atoms with Crippen molar-refractivity contribution in [3.8, 4) is 0 Å². The van der Waals surface area contributed by atoms with E-state index in [9.17, 15) is 0 Å². The van der Waals surface area contributed by atoms with Gasteiger partial charge in [-0.25, -0.2) is 0 Å². The minimum atomic E-state index is 0.806. The number of nitrogens with one attached hydrogen (secondary N) is 1. The molecule has 3 heteroatoms. The molecule has 0 aromatic heterocycles. The van der Waals surface area contributed by atoms with Crippen LogP contribution in [0.3, 0.4) is 0 Å². The molecule has 3 saturated heterocycles. The Bertz CT molecular complexity index is 275. The van der Waals surface area contributed by atoms with E-state index in [2.05, 4.69) is 22.2 Å². The lowest BCUT2D eigenvalue weighted by molar-refractivity contribution is 0.0368. The van der Waals surface area contributed by atoms with Crippen LogP contribution in [0.4, 0.5) is 0 Å². The van der Waals surface area contributed by atoms with Gasteiger partial charge in [-0.05, 0) is 77.7 Å². The van der Waals surface area contributed by atoms with Crippen LogP contribution < -0.4 is 5.32 Å². The van der Waals surface area contributed by atoms with Crippen LogP contribution >= 0.6 is 0 Å². The number of hydrogen-bond donors (Lipinski definition) is 1. The highest BCUT2D eigenvalue weighted by Crippen LogP contribution is 2.29.